The smallest absolute Gasteiger partial charge is 0.411 e. The Morgan fingerprint density at radius 2 is 2.17 bits per heavy atom. The van der Waals surface area contributed by atoms with Crippen molar-refractivity contribution < 1.29 is 14.3 Å². The highest BCUT2D eigenvalue weighted by molar-refractivity contribution is 5.69. The normalized spacial score (nSPS) is 27.1. The Balaban J connectivity index is 2.52. The van der Waals surface area contributed by atoms with E-state index in [-0.39, 0.29) is 12.1 Å². The van der Waals surface area contributed by atoms with Gasteiger partial charge in [-0.3, -0.25) is 5.32 Å². The lowest BCUT2D eigenvalue weighted by molar-refractivity contribution is 0.0549. The number of nitrogens with two attached hydrogens (primary N) is 1. The van der Waals surface area contributed by atoms with Crippen molar-refractivity contribution in [3.63, 3.8) is 0 Å². The van der Waals surface area contributed by atoms with Gasteiger partial charge in [0.1, 0.15) is 5.60 Å². The van der Waals surface area contributed by atoms with E-state index in [0.29, 0.717) is 0 Å². The number of amides is 1. The van der Waals surface area contributed by atoms with Gasteiger partial charge in [-0.25, -0.2) is 4.79 Å². The Morgan fingerprint density at radius 3 is 2.72 bits per heavy atom. The summed E-state index contributed by atoms with van der Waals surface area (Å²) in [5.41, 5.74) is 6.46. The van der Waals surface area contributed by atoms with Crippen LogP contribution in [-0.4, -0.2) is 30.9 Å². The van der Waals surface area contributed by atoms with Crippen LogP contribution in [0.1, 0.15) is 40.0 Å². The standard InChI is InChI=1S/C13H24N2O3/c1-13(2,3)18-12(16)15-8-9-5-6-10(14)7-11(9)17-4/h8,10-11H,5-7,14H2,1-4H3,(H,15,16)/b9-8-. The van der Waals surface area contributed by atoms with Crippen molar-refractivity contribution in [2.24, 2.45) is 5.73 Å². The predicted molar refractivity (Wildman–Crippen MR) is 70.1 cm³/mol. The fourth-order valence-electron chi connectivity index (χ4n) is 1.93. The lowest BCUT2D eigenvalue weighted by Crippen LogP contribution is -2.35. The first-order chi connectivity index (χ1) is 8.31. The number of hydrogen-bond acceptors (Lipinski definition) is 4. The second-order valence-corrected chi connectivity index (χ2v) is 5.62. The van der Waals surface area contributed by atoms with Gasteiger partial charge in [-0.15, -0.1) is 0 Å². The highest BCUT2D eigenvalue weighted by Gasteiger charge is 2.24. The van der Waals surface area contributed by atoms with Crippen molar-refractivity contribution in [2.45, 2.75) is 57.8 Å². The molecule has 0 aromatic rings. The average molecular weight is 256 g/mol. The molecule has 0 aromatic heterocycles. The van der Waals surface area contributed by atoms with E-state index in [9.17, 15) is 4.79 Å². The molecule has 0 saturated heterocycles. The zero-order chi connectivity index (χ0) is 13.8. The van der Waals surface area contributed by atoms with Crippen LogP contribution >= 0.6 is 0 Å². The fraction of sp³-hybridized carbons (Fsp3) is 0.769. The minimum Gasteiger partial charge on any atom is -0.444 e. The summed E-state index contributed by atoms with van der Waals surface area (Å²) in [6.45, 7) is 5.49. The van der Waals surface area contributed by atoms with Crippen LogP contribution in [0.5, 0.6) is 0 Å². The number of nitrogens with one attached hydrogen (secondary N) is 1. The van der Waals surface area contributed by atoms with Gasteiger partial charge in [-0.05, 0) is 45.6 Å². The summed E-state index contributed by atoms with van der Waals surface area (Å²) in [5, 5.41) is 2.64. The van der Waals surface area contributed by atoms with Gasteiger partial charge in [0.05, 0.1) is 6.10 Å². The maximum absolute atomic E-state index is 11.5. The second kappa shape index (κ2) is 6.20. The van der Waals surface area contributed by atoms with Crippen molar-refractivity contribution in [3.8, 4) is 0 Å². The lowest BCUT2D eigenvalue weighted by Gasteiger charge is -2.28. The van der Waals surface area contributed by atoms with E-state index in [1.165, 1.54) is 0 Å². The van der Waals surface area contributed by atoms with E-state index in [4.69, 9.17) is 15.2 Å². The number of hydrogen-bond donors (Lipinski definition) is 2. The molecule has 0 spiro atoms. The molecule has 0 aromatic carbocycles. The Bertz CT molecular complexity index is 321. The monoisotopic (exact) mass is 256 g/mol. The van der Waals surface area contributed by atoms with Crippen LogP contribution in [0.25, 0.3) is 0 Å². The Morgan fingerprint density at radius 1 is 1.50 bits per heavy atom. The Hall–Kier alpha value is -1.07. The summed E-state index contributed by atoms with van der Waals surface area (Å²) < 4.78 is 10.5. The van der Waals surface area contributed by atoms with Gasteiger partial charge in [0.2, 0.25) is 0 Å². The highest BCUT2D eigenvalue weighted by Crippen LogP contribution is 2.24. The van der Waals surface area contributed by atoms with E-state index < -0.39 is 11.7 Å². The van der Waals surface area contributed by atoms with Crippen LogP contribution in [0.3, 0.4) is 0 Å². The van der Waals surface area contributed by atoms with Crippen LogP contribution in [0, 0.1) is 0 Å². The minimum absolute atomic E-state index is 0.0105. The largest absolute Gasteiger partial charge is 0.444 e. The topological polar surface area (TPSA) is 73.6 Å². The van der Waals surface area contributed by atoms with Gasteiger partial charge in [-0.1, -0.05) is 0 Å². The first-order valence-electron chi connectivity index (χ1n) is 6.28. The maximum atomic E-state index is 11.5. The maximum Gasteiger partial charge on any atom is 0.411 e. The van der Waals surface area contributed by atoms with Crippen LogP contribution < -0.4 is 11.1 Å². The molecular formula is C13H24N2O3. The van der Waals surface area contributed by atoms with Crippen molar-refractivity contribution >= 4 is 6.09 Å². The van der Waals surface area contributed by atoms with Crippen molar-refractivity contribution in [1.29, 1.82) is 0 Å². The van der Waals surface area contributed by atoms with Gasteiger partial charge < -0.3 is 15.2 Å². The summed E-state index contributed by atoms with van der Waals surface area (Å²) in [5.74, 6) is 0. The van der Waals surface area contributed by atoms with Gasteiger partial charge in [0.15, 0.2) is 0 Å². The summed E-state index contributed by atoms with van der Waals surface area (Å²) in [7, 11) is 1.66. The van der Waals surface area contributed by atoms with Crippen molar-refractivity contribution in [3.05, 3.63) is 11.8 Å². The third-order valence-corrected chi connectivity index (χ3v) is 2.79. The molecule has 0 bridgehead atoms. The van der Waals surface area contributed by atoms with Crippen molar-refractivity contribution in [1.82, 2.24) is 5.32 Å². The molecule has 0 heterocycles. The number of methoxy groups -OCH3 is 1. The predicted octanol–water partition coefficient (Wildman–Crippen LogP) is 1.92. The van der Waals surface area contributed by atoms with E-state index in [2.05, 4.69) is 5.32 Å². The van der Waals surface area contributed by atoms with Crippen molar-refractivity contribution in [2.75, 3.05) is 7.11 Å². The molecule has 104 valence electrons. The molecule has 2 atom stereocenters. The molecule has 3 N–H and O–H groups in total. The molecule has 1 aliphatic rings. The minimum atomic E-state index is -0.488. The molecule has 1 rings (SSSR count). The molecular weight excluding hydrogens is 232 g/mol. The lowest BCUT2D eigenvalue weighted by atomic mass is 9.89. The Kier molecular flexibility index (Phi) is 5.16. The van der Waals surface area contributed by atoms with Gasteiger partial charge in [0.25, 0.3) is 0 Å². The number of carbonyl (C=O) groups excluding carboxylic acids is 1. The summed E-state index contributed by atoms with van der Waals surface area (Å²) in [6, 6.07) is 0.175. The molecule has 18 heavy (non-hydrogen) atoms. The summed E-state index contributed by atoms with van der Waals surface area (Å²) in [4.78, 5) is 11.5. The quantitative estimate of drug-likeness (QED) is 0.791. The van der Waals surface area contributed by atoms with Crippen LogP contribution in [0.4, 0.5) is 4.79 Å². The van der Waals surface area contributed by atoms with E-state index in [1.807, 2.05) is 20.8 Å². The van der Waals surface area contributed by atoms with Crippen LogP contribution in [-0.2, 0) is 9.47 Å². The van der Waals surface area contributed by atoms with E-state index >= 15 is 0 Å². The fourth-order valence-corrected chi connectivity index (χ4v) is 1.93. The number of rotatable bonds is 2. The third-order valence-electron chi connectivity index (χ3n) is 2.79. The van der Waals surface area contributed by atoms with Crippen LogP contribution in [0.15, 0.2) is 11.8 Å². The number of ether oxygens (including phenoxy) is 2. The third kappa shape index (κ3) is 5.06. The SMILES string of the molecule is COC1CC(N)CC/C1=C/NC(=O)OC(C)(C)C. The first-order valence-corrected chi connectivity index (χ1v) is 6.28. The van der Waals surface area contributed by atoms with E-state index in [0.717, 1.165) is 24.8 Å². The molecule has 0 radical (unpaired) electrons. The molecule has 1 amide bonds. The summed E-state index contributed by atoms with van der Waals surface area (Å²) >= 11 is 0. The molecule has 1 aliphatic carbocycles. The first kappa shape index (κ1) is 15.0. The molecule has 1 fully saturated rings. The zero-order valence-corrected chi connectivity index (χ0v) is 11.7. The van der Waals surface area contributed by atoms with E-state index in [1.54, 1.807) is 13.3 Å². The molecule has 2 unspecified atom stereocenters. The second-order valence-electron chi connectivity index (χ2n) is 5.62. The zero-order valence-electron chi connectivity index (χ0n) is 11.7. The Labute approximate surface area is 109 Å². The van der Waals surface area contributed by atoms with Crippen LogP contribution in [0.2, 0.25) is 0 Å². The molecule has 5 heteroatoms. The van der Waals surface area contributed by atoms with Gasteiger partial charge >= 0.3 is 6.09 Å². The highest BCUT2D eigenvalue weighted by atomic mass is 16.6. The number of alkyl carbamates (subject to hydrolysis) is 1. The summed E-state index contributed by atoms with van der Waals surface area (Å²) in [6.07, 6.45) is 3.78. The molecule has 0 aliphatic heterocycles. The number of carbonyl (C=O) groups is 1. The van der Waals surface area contributed by atoms with Gasteiger partial charge in [-0.2, -0.15) is 0 Å². The van der Waals surface area contributed by atoms with Gasteiger partial charge in [0, 0.05) is 19.4 Å². The molecule has 1 saturated carbocycles. The molecule has 5 nitrogen and oxygen atoms in total. The average Bonchev–Trinajstić information content (AvgIpc) is 2.24.